The number of allylic oxidation sites excluding steroid dienone is 4. The minimum Gasteiger partial charge on any atom is -0.497 e. The molecule has 0 atom stereocenters. The van der Waals surface area contributed by atoms with Crippen molar-refractivity contribution >= 4 is 39.3 Å². The van der Waals surface area contributed by atoms with E-state index in [1.807, 2.05) is 97.1 Å². The molecule has 3 spiro atoms. The monoisotopic (exact) mass is 1130 g/mol. The third-order valence-corrected chi connectivity index (χ3v) is 17.6. The largest absolute Gasteiger partial charge is 0.497 e. The number of hydrogen-bond donors (Lipinski definition) is 4. The summed E-state index contributed by atoms with van der Waals surface area (Å²) < 4.78 is 36.7. The summed E-state index contributed by atoms with van der Waals surface area (Å²) >= 11 is 0. The molecule has 10 aromatic rings. The van der Waals surface area contributed by atoms with Crippen LogP contribution < -0.4 is 49.7 Å². The number of rotatable bonds is 12. The molecule has 0 radical (unpaired) electrons. The normalized spacial score (nSPS) is 15.8. The third kappa shape index (κ3) is 7.70. The molecule has 2 aliphatic carbocycles. The molecule has 0 bridgehead atoms. The maximum Gasteiger partial charge on any atom is 0.183 e. The quantitative estimate of drug-likeness (QED) is 0.0926. The molecular weight excluding hydrogens is 1070 g/mol. The predicted molar refractivity (Wildman–Crippen MR) is 336 cm³/mol. The van der Waals surface area contributed by atoms with E-state index in [0.29, 0.717) is 0 Å². The van der Waals surface area contributed by atoms with E-state index >= 15 is 0 Å². The van der Waals surface area contributed by atoms with E-state index in [2.05, 4.69) is 135 Å². The first-order chi connectivity index (χ1) is 42.1. The zero-order valence-corrected chi connectivity index (χ0v) is 48.0. The van der Waals surface area contributed by atoms with Gasteiger partial charge in [0.1, 0.15) is 45.9 Å². The van der Waals surface area contributed by atoms with Crippen LogP contribution in [0.25, 0.3) is 78.6 Å². The van der Waals surface area contributed by atoms with Crippen LogP contribution in [0.2, 0.25) is 0 Å². The van der Waals surface area contributed by atoms with E-state index in [4.69, 9.17) is 33.4 Å². The first kappa shape index (κ1) is 51.9. The van der Waals surface area contributed by atoms with Crippen molar-refractivity contribution in [3.63, 3.8) is 0 Å². The highest BCUT2D eigenvalue weighted by atomic mass is 16.5. The zero-order chi connectivity index (χ0) is 58.5. The highest BCUT2D eigenvalue weighted by molar-refractivity contribution is 6.06. The lowest BCUT2D eigenvalue weighted by Gasteiger charge is -2.53. The Morgan fingerprint density at radius 3 is 1.22 bits per heavy atom. The smallest absolute Gasteiger partial charge is 0.183 e. The molecule has 422 valence electrons. The summed E-state index contributed by atoms with van der Waals surface area (Å²) in [6, 6.07) is 66.6. The molecule has 0 amide bonds. The minimum atomic E-state index is -1.33. The first-order valence-electron chi connectivity index (χ1n) is 28.4. The molecule has 0 fully saturated rings. The van der Waals surface area contributed by atoms with Gasteiger partial charge in [0.15, 0.2) is 17.1 Å². The molecule has 1 aromatic heterocycles. The van der Waals surface area contributed by atoms with Crippen LogP contribution in [0.15, 0.2) is 218 Å². The van der Waals surface area contributed by atoms with E-state index in [1.165, 1.54) is 0 Å². The highest BCUT2D eigenvalue weighted by Crippen LogP contribution is 2.62. The fourth-order valence-electron chi connectivity index (χ4n) is 13.4. The fourth-order valence-corrected chi connectivity index (χ4v) is 13.4. The molecule has 0 unspecified atom stereocenters. The summed E-state index contributed by atoms with van der Waals surface area (Å²) in [6.45, 7) is 0. The number of carbonyl (C=O) groups excluding carboxylic acids is 1. The summed E-state index contributed by atoms with van der Waals surface area (Å²) in [5.41, 5.74) is 12.6. The Balaban J connectivity index is 1.06. The van der Waals surface area contributed by atoms with Crippen molar-refractivity contribution in [1.29, 1.82) is 0 Å². The minimum absolute atomic E-state index is 0.111. The summed E-state index contributed by atoms with van der Waals surface area (Å²) in [4.78, 5) is 19.4. The summed E-state index contributed by atoms with van der Waals surface area (Å²) in [5.74, 6) is 5.02. The summed E-state index contributed by atoms with van der Waals surface area (Å²) in [7, 11) is 10.1. The lowest BCUT2D eigenvalue weighted by atomic mass is 9.67. The second-order valence-corrected chi connectivity index (χ2v) is 21.9. The van der Waals surface area contributed by atoms with Crippen LogP contribution in [0.4, 0.5) is 0 Å². The lowest BCUT2D eigenvalue weighted by Crippen LogP contribution is -2.72. The number of imidazole rings is 1. The Bertz CT molecular complexity index is 4390. The highest BCUT2D eigenvalue weighted by Gasteiger charge is 2.65. The van der Waals surface area contributed by atoms with E-state index in [-0.39, 0.29) is 5.78 Å². The van der Waals surface area contributed by atoms with Gasteiger partial charge in [0.2, 0.25) is 0 Å². The van der Waals surface area contributed by atoms with Crippen LogP contribution in [-0.2, 0) is 21.7 Å². The fraction of sp³-hybridized carbons (Fsp3) is 0.123. The molecule has 9 aromatic carbocycles. The second-order valence-electron chi connectivity index (χ2n) is 21.9. The molecule has 4 N–H and O–H groups in total. The average Bonchev–Trinajstić information content (AvgIpc) is 1.42. The molecule has 5 aliphatic rings. The maximum absolute atomic E-state index is 13.7. The number of ketones is 1. The van der Waals surface area contributed by atoms with Crippen molar-refractivity contribution in [2.75, 3.05) is 42.7 Å². The van der Waals surface area contributed by atoms with Crippen LogP contribution in [0.1, 0.15) is 38.9 Å². The van der Waals surface area contributed by atoms with Gasteiger partial charge in [-0.2, -0.15) is 0 Å². The molecule has 86 heavy (non-hydrogen) atoms. The van der Waals surface area contributed by atoms with Crippen LogP contribution in [0, 0.1) is 0 Å². The van der Waals surface area contributed by atoms with Gasteiger partial charge in [-0.1, -0.05) is 36.4 Å². The Labute approximate surface area is 497 Å². The van der Waals surface area contributed by atoms with Gasteiger partial charge in [0.05, 0.1) is 76.8 Å². The van der Waals surface area contributed by atoms with Gasteiger partial charge >= 0.3 is 0 Å². The van der Waals surface area contributed by atoms with Crippen molar-refractivity contribution < 1.29 is 33.2 Å². The van der Waals surface area contributed by atoms with E-state index in [1.54, 1.807) is 54.8 Å². The SMILES string of the molecule is COc1ccc(C2=C(c3ccc(OC)cc3)NC3(N2)c2cc4c(cc2-c2c(ccc5ccccc25)C32NC(c3ccc(OC)cc3)=C(c3ccc(OC)cc3)N2)-c2nc(-c3ccc(OC)cc3)c(-c3ccc(OC)cc3)n2C42C=CC(=O)C=C2)cc1. The third-order valence-electron chi connectivity index (χ3n) is 17.6. The second kappa shape index (κ2) is 19.9. The van der Waals surface area contributed by atoms with Crippen LogP contribution in [0.3, 0.4) is 0 Å². The van der Waals surface area contributed by atoms with Crippen LogP contribution in [0.5, 0.6) is 34.5 Å². The molecule has 4 heterocycles. The van der Waals surface area contributed by atoms with E-state index in [9.17, 15) is 4.79 Å². The van der Waals surface area contributed by atoms with E-state index < -0.39 is 16.9 Å². The molecule has 0 saturated carbocycles. The van der Waals surface area contributed by atoms with Gasteiger partial charge in [-0.25, -0.2) is 4.98 Å². The van der Waals surface area contributed by atoms with Crippen LogP contribution in [-0.4, -0.2) is 58.0 Å². The predicted octanol–water partition coefficient (Wildman–Crippen LogP) is 13.3. The number of aromatic nitrogens is 2. The van der Waals surface area contributed by atoms with Gasteiger partial charge < -0.3 is 54.3 Å². The number of nitrogens with zero attached hydrogens (tertiary/aromatic N) is 2. The topological polar surface area (TPSA) is 138 Å². The van der Waals surface area contributed by atoms with E-state index in [0.717, 1.165) is 152 Å². The van der Waals surface area contributed by atoms with Crippen molar-refractivity contribution in [3.8, 4) is 79.5 Å². The molecule has 15 rings (SSSR count). The summed E-state index contributed by atoms with van der Waals surface area (Å²) in [6.07, 6.45) is 7.45. The number of ether oxygens (including phenoxy) is 6. The zero-order valence-electron chi connectivity index (χ0n) is 48.0. The lowest BCUT2D eigenvalue weighted by molar-refractivity contribution is -0.110. The number of benzene rings is 9. The molecule has 13 heteroatoms. The number of methoxy groups -OCH3 is 6. The number of nitrogens with one attached hydrogen (secondary N) is 4. The Kier molecular flexibility index (Phi) is 12.0. The van der Waals surface area contributed by atoms with Crippen molar-refractivity contribution in [2.45, 2.75) is 16.9 Å². The molecular formula is C73H58N6O7. The number of fused-ring (bicyclic) bond motifs is 13. The van der Waals surface area contributed by atoms with Gasteiger partial charge in [-0.05, 0) is 209 Å². The summed E-state index contributed by atoms with van der Waals surface area (Å²) in [5, 5.41) is 19.5. The Hall–Kier alpha value is -10.9. The van der Waals surface area contributed by atoms with Gasteiger partial charge in [0, 0.05) is 50.1 Å². The van der Waals surface area contributed by atoms with Crippen molar-refractivity contribution in [3.05, 3.63) is 257 Å². The number of carbonyl (C=O) groups is 1. The molecule has 3 aliphatic heterocycles. The molecule has 13 nitrogen and oxygen atoms in total. The maximum atomic E-state index is 13.7. The molecule has 0 saturated heterocycles. The first-order valence-corrected chi connectivity index (χ1v) is 28.4. The van der Waals surface area contributed by atoms with Gasteiger partial charge in [-0.15, -0.1) is 0 Å². The van der Waals surface area contributed by atoms with Crippen LogP contribution >= 0.6 is 0 Å². The van der Waals surface area contributed by atoms with Gasteiger partial charge in [-0.3, -0.25) is 4.79 Å². The van der Waals surface area contributed by atoms with Crippen molar-refractivity contribution in [2.24, 2.45) is 0 Å². The van der Waals surface area contributed by atoms with Crippen molar-refractivity contribution in [1.82, 2.24) is 30.8 Å². The average molecular weight is 1130 g/mol. The Morgan fingerprint density at radius 2 is 0.791 bits per heavy atom. The van der Waals surface area contributed by atoms with Gasteiger partial charge in [0.25, 0.3) is 0 Å². The number of hydrogen-bond acceptors (Lipinski definition) is 12. The Morgan fingerprint density at radius 1 is 0.395 bits per heavy atom. The standard InChI is InChI=1S/C73H58N6O7/c1-81-51-24-11-44(12-25-51)64-65(45-13-26-52(82-2)27-14-45)76-72(75-64)60-36-23-43-9-7-8-10-57(43)63(60)58-41-59-61(42-62(58)73(72)77-66(46-15-28-53(83-3)29-16-46)67(78-73)47-17-30-54(84-4)31-18-47)71(39-37-50(80)38-40-71)79-69(49-21-34-56(86-6)35-22-49)68(74-70(59)79)48-19-32-55(85-5)33-20-48/h7-42,75-78H,1-6H3.